The lowest BCUT2D eigenvalue weighted by molar-refractivity contribution is 0.0914. The van der Waals surface area contributed by atoms with Gasteiger partial charge in [0.15, 0.2) is 11.5 Å². The summed E-state index contributed by atoms with van der Waals surface area (Å²) in [6.45, 7) is 3.86. The highest BCUT2D eigenvalue weighted by Crippen LogP contribution is 2.29. The first-order valence-corrected chi connectivity index (χ1v) is 10.5. The van der Waals surface area contributed by atoms with Crippen molar-refractivity contribution in [2.75, 3.05) is 13.2 Å². The van der Waals surface area contributed by atoms with Crippen LogP contribution in [0.2, 0.25) is 0 Å². The van der Waals surface area contributed by atoms with E-state index in [1.807, 2.05) is 6.07 Å². The number of nitrogens with zero attached hydrogens (tertiary/aromatic N) is 3. The summed E-state index contributed by atoms with van der Waals surface area (Å²) in [5.41, 5.74) is 4.06. The average molecular weight is 431 g/mol. The summed E-state index contributed by atoms with van der Waals surface area (Å²) < 4.78 is 2.31. The third-order valence-electron chi connectivity index (χ3n) is 5.14. The third-order valence-corrected chi connectivity index (χ3v) is 5.14. The number of oxime groups is 2. The van der Waals surface area contributed by atoms with Gasteiger partial charge < -0.3 is 24.5 Å². The molecule has 0 saturated carbocycles. The van der Waals surface area contributed by atoms with E-state index in [2.05, 4.69) is 58.2 Å². The van der Waals surface area contributed by atoms with Crippen molar-refractivity contribution in [1.82, 2.24) is 4.57 Å². The van der Waals surface area contributed by atoms with Gasteiger partial charge >= 0.3 is 0 Å². The van der Waals surface area contributed by atoms with Gasteiger partial charge in [0.05, 0.1) is 12.4 Å². The molecule has 0 amide bonds. The minimum Gasteiger partial charge on any atom is -0.504 e. The predicted molar refractivity (Wildman–Crippen MR) is 127 cm³/mol. The maximum atomic E-state index is 9.43. The standard InChI is InChI=1S/C25H25N3O4/c1-2-28-22-7-4-3-6-20(22)21-14-18(8-10-23(21)28)16-26-31-12-5-13-32-27-17-19-9-11-24(29)25(30)15-19/h3-4,6-11,14-17,29-30H,2,5,12-13H2,1H3/b26-16+,27-17+. The Labute approximate surface area is 185 Å². The lowest BCUT2D eigenvalue weighted by atomic mass is 10.1. The van der Waals surface area contributed by atoms with Gasteiger partial charge in [-0.05, 0) is 54.4 Å². The van der Waals surface area contributed by atoms with Crippen LogP contribution < -0.4 is 0 Å². The van der Waals surface area contributed by atoms with Gasteiger partial charge in [-0.2, -0.15) is 0 Å². The van der Waals surface area contributed by atoms with E-state index in [4.69, 9.17) is 9.68 Å². The molecule has 7 nitrogen and oxygen atoms in total. The van der Waals surface area contributed by atoms with Gasteiger partial charge in [0.2, 0.25) is 0 Å². The molecular weight excluding hydrogens is 406 g/mol. The number of para-hydroxylation sites is 1. The second kappa shape index (κ2) is 9.87. The van der Waals surface area contributed by atoms with Gasteiger partial charge in [0, 0.05) is 34.8 Å². The van der Waals surface area contributed by atoms with Crippen molar-refractivity contribution >= 4 is 34.2 Å². The molecule has 0 radical (unpaired) electrons. The molecule has 0 bridgehead atoms. The summed E-state index contributed by atoms with van der Waals surface area (Å²) in [6.07, 6.45) is 3.80. The topological polar surface area (TPSA) is 88.6 Å². The lowest BCUT2D eigenvalue weighted by Gasteiger charge is -2.02. The van der Waals surface area contributed by atoms with E-state index in [1.54, 1.807) is 12.3 Å². The van der Waals surface area contributed by atoms with Crippen molar-refractivity contribution in [1.29, 1.82) is 0 Å². The Hall–Kier alpha value is -4.00. The van der Waals surface area contributed by atoms with Crippen LogP contribution in [0.25, 0.3) is 21.8 Å². The zero-order valence-corrected chi connectivity index (χ0v) is 17.8. The molecule has 3 aromatic carbocycles. The van der Waals surface area contributed by atoms with E-state index in [-0.39, 0.29) is 11.5 Å². The van der Waals surface area contributed by atoms with Crippen LogP contribution in [0, 0.1) is 0 Å². The predicted octanol–water partition coefficient (Wildman–Crippen LogP) is 5.02. The number of rotatable bonds is 9. The molecule has 0 unspecified atom stereocenters. The Bertz CT molecular complexity index is 1280. The van der Waals surface area contributed by atoms with Crippen LogP contribution >= 0.6 is 0 Å². The largest absolute Gasteiger partial charge is 0.504 e. The van der Waals surface area contributed by atoms with Crippen molar-refractivity contribution in [3.8, 4) is 11.5 Å². The van der Waals surface area contributed by atoms with Gasteiger partial charge in [-0.1, -0.05) is 34.6 Å². The minimum absolute atomic E-state index is 0.173. The van der Waals surface area contributed by atoms with Crippen LogP contribution in [0.3, 0.4) is 0 Å². The highest BCUT2D eigenvalue weighted by molar-refractivity contribution is 6.09. The first-order chi connectivity index (χ1) is 15.7. The zero-order valence-electron chi connectivity index (χ0n) is 17.8. The van der Waals surface area contributed by atoms with E-state index < -0.39 is 0 Å². The molecule has 164 valence electrons. The van der Waals surface area contributed by atoms with E-state index >= 15 is 0 Å². The fraction of sp³-hybridized carbons (Fsp3) is 0.200. The monoisotopic (exact) mass is 431 g/mol. The summed E-state index contributed by atoms with van der Waals surface area (Å²) in [5.74, 6) is -0.371. The number of benzene rings is 3. The Balaban J connectivity index is 1.26. The van der Waals surface area contributed by atoms with Gasteiger partial charge in [-0.25, -0.2) is 0 Å². The second-order valence-corrected chi connectivity index (χ2v) is 7.28. The van der Waals surface area contributed by atoms with E-state index in [0.717, 1.165) is 12.1 Å². The quantitative estimate of drug-likeness (QED) is 0.169. The average Bonchev–Trinajstić information content (AvgIpc) is 3.13. The Morgan fingerprint density at radius 3 is 2.16 bits per heavy atom. The molecule has 0 aliphatic rings. The van der Waals surface area contributed by atoms with E-state index in [1.165, 1.54) is 40.2 Å². The van der Waals surface area contributed by atoms with Crippen molar-refractivity contribution in [2.45, 2.75) is 19.9 Å². The summed E-state index contributed by atoms with van der Waals surface area (Å²) in [6, 6.07) is 19.1. The van der Waals surface area contributed by atoms with Crippen molar-refractivity contribution in [3.63, 3.8) is 0 Å². The minimum atomic E-state index is -0.199. The van der Waals surface area contributed by atoms with E-state index in [0.29, 0.717) is 25.2 Å². The molecule has 32 heavy (non-hydrogen) atoms. The van der Waals surface area contributed by atoms with E-state index in [9.17, 15) is 10.2 Å². The third kappa shape index (κ3) is 4.67. The maximum absolute atomic E-state index is 9.43. The van der Waals surface area contributed by atoms with Crippen molar-refractivity contribution in [3.05, 3.63) is 71.8 Å². The molecule has 0 atom stereocenters. The molecule has 4 aromatic rings. The molecule has 7 heteroatoms. The first-order valence-electron chi connectivity index (χ1n) is 10.5. The molecule has 0 aliphatic heterocycles. The number of hydrogen-bond donors (Lipinski definition) is 2. The number of aromatic hydroxyl groups is 2. The van der Waals surface area contributed by atoms with Gasteiger partial charge in [-0.3, -0.25) is 0 Å². The number of aryl methyl sites for hydroxylation is 1. The Morgan fingerprint density at radius 2 is 1.44 bits per heavy atom. The summed E-state index contributed by atoms with van der Waals surface area (Å²) in [5, 5.41) is 29.0. The number of aromatic nitrogens is 1. The van der Waals surface area contributed by atoms with Crippen molar-refractivity contribution < 1.29 is 19.9 Å². The molecule has 2 N–H and O–H groups in total. The smallest absolute Gasteiger partial charge is 0.158 e. The Kier molecular flexibility index (Phi) is 6.55. The van der Waals surface area contributed by atoms with Crippen LogP contribution in [0.1, 0.15) is 24.5 Å². The highest BCUT2D eigenvalue weighted by atomic mass is 16.6. The molecule has 1 aromatic heterocycles. The fourth-order valence-corrected chi connectivity index (χ4v) is 3.60. The molecular formula is C25H25N3O4. The molecule has 0 fully saturated rings. The molecule has 1 heterocycles. The van der Waals surface area contributed by atoms with Crippen LogP contribution in [0.5, 0.6) is 11.5 Å². The molecule has 4 rings (SSSR count). The number of phenols is 2. The number of phenolic OH excluding ortho intramolecular Hbond substituents is 2. The fourth-order valence-electron chi connectivity index (χ4n) is 3.60. The Morgan fingerprint density at radius 1 is 0.781 bits per heavy atom. The van der Waals surface area contributed by atoms with Crippen LogP contribution in [-0.2, 0) is 16.2 Å². The zero-order chi connectivity index (χ0) is 22.3. The van der Waals surface area contributed by atoms with Gasteiger partial charge in [-0.15, -0.1) is 0 Å². The number of hydrogen-bond acceptors (Lipinski definition) is 6. The highest BCUT2D eigenvalue weighted by Gasteiger charge is 2.09. The van der Waals surface area contributed by atoms with Crippen LogP contribution in [0.15, 0.2) is 71.0 Å². The summed E-state index contributed by atoms with van der Waals surface area (Å²) >= 11 is 0. The number of fused-ring (bicyclic) bond motifs is 3. The molecule has 0 spiro atoms. The van der Waals surface area contributed by atoms with Crippen LogP contribution in [0.4, 0.5) is 0 Å². The molecule has 0 aliphatic carbocycles. The SMILES string of the molecule is CCn1c2ccccc2c2cc(/C=N/OCCCO/N=C/c3ccc(O)c(O)c3)ccc21. The van der Waals surface area contributed by atoms with Gasteiger partial charge in [0.1, 0.15) is 13.2 Å². The lowest BCUT2D eigenvalue weighted by Crippen LogP contribution is -1.96. The normalized spacial score (nSPS) is 11.8. The second-order valence-electron chi connectivity index (χ2n) is 7.28. The van der Waals surface area contributed by atoms with Gasteiger partial charge in [0.25, 0.3) is 0 Å². The summed E-state index contributed by atoms with van der Waals surface area (Å²) in [4.78, 5) is 10.5. The van der Waals surface area contributed by atoms with Crippen molar-refractivity contribution in [2.24, 2.45) is 10.3 Å². The maximum Gasteiger partial charge on any atom is 0.158 e. The summed E-state index contributed by atoms with van der Waals surface area (Å²) in [7, 11) is 0. The first kappa shape index (κ1) is 21.2. The molecule has 0 saturated heterocycles. The van der Waals surface area contributed by atoms with Crippen LogP contribution in [-0.4, -0.2) is 40.4 Å².